The molecule has 0 aliphatic rings. The Balaban J connectivity index is 3.12. The van der Waals surface area contributed by atoms with Crippen molar-refractivity contribution in [3.05, 3.63) is 22.7 Å². The number of phenolic OH excluding ortho intramolecular Hbond substituents is 1. The molecule has 1 atom stereocenters. The van der Waals surface area contributed by atoms with E-state index in [1.165, 1.54) is 19.2 Å². The highest BCUT2D eigenvalue weighted by Crippen LogP contribution is 2.37. The van der Waals surface area contributed by atoms with Gasteiger partial charge in [-0.05, 0) is 6.07 Å². The zero-order valence-corrected chi connectivity index (χ0v) is 9.23. The van der Waals surface area contributed by atoms with Gasteiger partial charge in [-0.2, -0.15) is 0 Å². The van der Waals surface area contributed by atoms with Crippen molar-refractivity contribution in [2.24, 2.45) is 0 Å². The van der Waals surface area contributed by atoms with Crippen molar-refractivity contribution in [1.82, 2.24) is 0 Å². The minimum Gasteiger partial charge on any atom is -0.504 e. The van der Waals surface area contributed by atoms with Crippen LogP contribution < -0.4 is 4.74 Å². The van der Waals surface area contributed by atoms with Gasteiger partial charge in [0.2, 0.25) is 0 Å². The fraction of sp³-hybridized carbons (Fsp3) is 0.300. The molecule has 0 aliphatic carbocycles. The zero-order chi connectivity index (χ0) is 12.3. The smallest absolute Gasteiger partial charge is 0.306 e. The first-order chi connectivity index (χ1) is 7.45. The van der Waals surface area contributed by atoms with E-state index in [0.717, 1.165) is 0 Å². The molecule has 0 bridgehead atoms. The van der Waals surface area contributed by atoms with E-state index in [-0.39, 0.29) is 22.1 Å². The van der Waals surface area contributed by atoms with Crippen molar-refractivity contribution in [2.75, 3.05) is 7.11 Å². The van der Waals surface area contributed by atoms with Crippen LogP contribution in [-0.2, 0) is 4.79 Å². The Hall–Kier alpha value is -1.46. The minimum absolute atomic E-state index is 0.0340. The summed E-state index contributed by atoms with van der Waals surface area (Å²) >= 11 is 5.73. The number of carboxylic acids is 1. The van der Waals surface area contributed by atoms with Gasteiger partial charge in [-0.3, -0.25) is 4.79 Å². The van der Waals surface area contributed by atoms with Gasteiger partial charge in [0.1, 0.15) is 0 Å². The summed E-state index contributed by atoms with van der Waals surface area (Å²) in [7, 11) is 1.33. The minimum atomic E-state index is -1.33. The highest BCUT2D eigenvalue weighted by Gasteiger charge is 2.19. The molecule has 0 amide bonds. The van der Waals surface area contributed by atoms with Gasteiger partial charge in [0.05, 0.1) is 19.6 Å². The summed E-state index contributed by atoms with van der Waals surface area (Å²) in [5.74, 6) is -1.39. The number of aliphatic carboxylic acids is 1. The topological polar surface area (TPSA) is 87.0 Å². The quantitative estimate of drug-likeness (QED) is 0.751. The van der Waals surface area contributed by atoms with Crippen molar-refractivity contribution in [2.45, 2.75) is 12.5 Å². The summed E-state index contributed by atoms with van der Waals surface area (Å²) in [4.78, 5) is 10.4. The second kappa shape index (κ2) is 5.05. The molecule has 0 radical (unpaired) electrons. The first-order valence-corrected chi connectivity index (χ1v) is 4.79. The third kappa shape index (κ3) is 2.77. The average molecular weight is 247 g/mol. The summed E-state index contributed by atoms with van der Waals surface area (Å²) in [5.41, 5.74) is 0.0340. The molecule has 16 heavy (non-hydrogen) atoms. The Morgan fingerprint density at radius 3 is 2.69 bits per heavy atom. The number of phenols is 1. The van der Waals surface area contributed by atoms with Gasteiger partial charge in [0.15, 0.2) is 11.5 Å². The lowest BCUT2D eigenvalue weighted by Gasteiger charge is -2.13. The largest absolute Gasteiger partial charge is 0.504 e. The molecular weight excluding hydrogens is 236 g/mol. The molecule has 0 unspecified atom stereocenters. The lowest BCUT2D eigenvalue weighted by atomic mass is 10.1. The second-order valence-corrected chi connectivity index (χ2v) is 3.60. The number of carbonyl (C=O) groups is 1. The van der Waals surface area contributed by atoms with Gasteiger partial charge in [-0.25, -0.2) is 0 Å². The van der Waals surface area contributed by atoms with Crippen molar-refractivity contribution in [1.29, 1.82) is 0 Å². The maximum atomic E-state index is 10.4. The monoisotopic (exact) mass is 246 g/mol. The van der Waals surface area contributed by atoms with E-state index in [4.69, 9.17) is 21.4 Å². The van der Waals surface area contributed by atoms with E-state index >= 15 is 0 Å². The number of ether oxygens (including phenoxy) is 1. The van der Waals surface area contributed by atoms with Crippen molar-refractivity contribution < 1.29 is 24.9 Å². The number of hydrogen-bond donors (Lipinski definition) is 3. The molecule has 1 rings (SSSR count). The highest BCUT2D eigenvalue weighted by molar-refractivity contribution is 6.30. The van der Waals surface area contributed by atoms with Gasteiger partial charge >= 0.3 is 5.97 Å². The number of carboxylic acid groups (broad SMARTS) is 1. The predicted octanol–water partition coefficient (Wildman–Crippen LogP) is 1.56. The van der Waals surface area contributed by atoms with E-state index in [1.54, 1.807) is 0 Å². The van der Waals surface area contributed by atoms with Gasteiger partial charge < -0.3 is 20.1 Å². The third-order valence-corrected chi connectivity index (χ3v) is 2.23. The number of benzene rings is 1. The molecule has 3 N–H and O–H groups in total. The molecule has 1 aromatic carbocycles. The van der Waals surface area contributed by atoms with Crippen LogP contribution in [0.15, 0.2) is 12.1 Å². The van der Waals surface area contributed by atoms with Crippen molar-refractivity contribution in [3.63, 3.8) is 0 Å². The van der Waals surface area contributed by atoms with E-state index in [1.807, 2.05) is 0 Å². The molecule has 0 saturated carbocycles. The average Bonchev–Trinajstić information content (AvgIpc) is 2.19. The maximum absolute atomic E-state index is 10.4. The molecule has 88 valence electrons. The number of aromatic hydroxyl groups is 1. The van der Waals surface area contributed by atoms with Crippen LogP contribution in [0.3, 0.4) is 0 Å². The van der Waals surface area contributed by atoms with E-state index in [2.05, 4.69) is 0 Å². The Labute approximate surface area is 96.9 Å². The van der Waals surface area contributed by atoms with Crippen LogP contribution in [0.4, 0.5) is 0 Å². The van der Waals surface area contributed by atoms with Gasteiger partial charge in [0.25, 0.3) is 0 Å². The Morgan fingerprint density at radius 1 is 1.56 bits per heavy atom. The van der Waals surface area contributed by atoms with Gasteiger partial charge in [-0.15, -0.1) is 0 Å². The Bertz CT molecular complexity index is 404. The van der Waals surface area contributed by atoms with Crippen LogP contribution >= 0.6 is 11.6 Å². The zero-order valence-electron chi connectivity index (χ0n) is 8.48. The van der Waals surface area contributed by atoms with Gasteiger partial charge in [0, 0.05) is 16.7 Å². The van der Waals surface area contributed by atoms with E-state index < -0.39 is 18.5 Å². The lowest BCUT2D eigenvalue weighted by molar-refractivity contribution is -0.139. The number of aliphatic hydroxyl groups is 1. The molecule has 0 aromatic heterocycles. The van der Waals surface area contributed by atoms with Crippen LogP contribution in [0.5, 0.6) is 11.5 Å². The molecule has 6 heteroatoms. The molecule has 5 nitrogen and oxygen atoms in total. The molecular formula is C10H11ClO5. The summed E-state index contributed by atoms with van der Waals surface area (Å²) in [6, 6.07) is 2.67. The Morgan fingerprint density at radius 2 is 2.19 bits per heavy atom. The molecule has 0 spiro atoms. The number of halogens is 1. The van der Waals surface area contributed by atoms with Crippen LogP contribution in [0.2, 0.25) is 5.02 Å². The molecule has 1 aromatic rings. The molecule has 0 aliphatic heterocycles. The van der Waals surface area contributed by atoms with Crippen molar-refractivity contribution in [3.8, 4) is 11.5 Å². The van der Waals surface area contributed by atoms with Crippen LogP contribution in [-0.4, -0.2) is 28.4 Å². The molecule has 0 fully saturated rings. The maximum Gasteiger partial charge on any atom is 0.306 e. The summed E-state index contributed by atoms with van der Waals surface area (Å²) < 4.78 is 4.83. The first-order valence-electron chi connectivity index (χ1n) is 4.42. The Kier molecular flexibility index (Phi) is 3.98. The van der Waals surface area contributed by atoms with Crippen LogP contribution in [0, 0.1) is 0 Å². The predicted molar refractivity (Wildman–Crippen MR) is 56.9 cm³/mol. The van der Waals surface area contributed by atoms with E-state index in [0.29, 0.717) is 0 Å². The number of methoxy groups -OCH3 is 1. The standard InChI is InChI=1S/C10H11ClO5/c1-16-8-3-5(11)2-6(10(8)15)7(12)4-9(13)14/h2-3,7,12,15H,4H2,1H3,(H,13,14)/t7-/m0/s1. The highest BCUT2D eigenvalue weighted by atomic mass is 35.5. The fourth-order valence-electron chi connectivity index (χ4n) is 1.28. The summed E-state index contributed by atoms with van der Waals surface area (Å²) in [6.45, 7) is 0. The van der Waals surface area contributed by atoms with Crippen LogP contribution in [0.25, 0.3) is 0 Å². The molecule has 0 heterocycles. The third-order valence-electron chi connectivity index (χ3n) is 2.02. The second-order valence-electron chi connectivity index (χ2n) is 3.16. The summed E-state index contributed by atoms with van der Waals surface area (Å²) in [6.07, 6.45) is -1.85. The first kappa shape index (κ1) is 12.6. The number of hydrogen-bond acceptors (Lipinski definition) is 4. The normalized spacial score (nSPS) is 12.2. The van der Waals surface area contributed by atoms with E-state index in [9.17, 15) is 15.0 Å². The van der Waals surface area contributed by atoms with Gasteiger partial charge in [-0.1, -0.05) is 11.6 Å². The number of aliphatic hydroxyl groups excluding tert-OH is 1. The van der Waals surface area contributed by atoms with Crippen LogP contribution in [0.1, 0.15) is 18.1 Å². The summed E-state index contributed by atoms with van der Waals surface area (Å²) in [5, 5.41) is 28.0. The van der Waals surface area contributed by atoms with Crippen molar-refractivity contribution >= 4 is 17.6 Å². The number of rotatable bonds is 4. The SMILES string of the molecule is COc1cc(Cl)cc([C@@H](O)CC(=O)O)c1O. The molecule has 0 saturated heterocycles. The lowest BCUT2D eigenvalue weighted by Crippen LogP contribution is -2.06. The fourth-order valence-corrected chi connectivity index (χ4v) is 1.50.